The van der Waals surface area contributed by atoms with E-state index in [-0.39, 0.29) is 16.7 Å². The Morgan fingerprint density at radius 3 is 2.79 bits per heavy atom. The lowest BCUT2D eigenvalue weighted by molar-refractivity contribution is 0.283. The third-order valence-electron chi connectivity index (χ3n) is 3.17. The van der Waals surface area contributed by atoms with Crippen molar-refractivity contribution in [3.05, 3.63) is 24.0 Å². The highest BCUT2D eigenvalue weighted by Crippen LogP contribution is 2.24. The lowest BCUT2D eigenvalue weighted by atomic mass is 10.3. The van der Waals surface area contributed by atoms with Crippen molar-refractivity contribution in [1.82, 2.24) is 9.62 Å². The number of halogens is 1. The maximum absolute atomic E-state index is 13.6. The number of rotatable bonds is 3. The van der Waals surface area contributed by atoms with Gasteiger partial charge in [-0.25, -0.2) is 12.8 Å². The van der Waals surface area contributed by atoms with Crippen LogP contribution in [0.1, 0.15) is 6.92 Å². The maximum atomic E-state index is 13.6. The number of sulfonamides is 1. The Kier molecular flexibility index (Phi) is 4.07. The van der Waals surface area contributed by atoms with Crippen molar-refractivity contribution < 1.29 is 17.5 Å². The molecule has 0 amide bonds. The highest BCUT2D eigenvalue weighted by atomic mass is 32.2. The number of methoxy groups -OCH3 is 1. The monoisotopic (exact) mass is 288 g/mol. The van der Waals surface area contributed by atoms with Gasteiger partial charge < -0.3 is 10.1 Å². The molecule has 1 N–H and O–H groups in total. The predicted octanol–water partition coefficient (Wildman–Crippen LogP) is 0.817. The van der Waals surface area contributed by atoms with Crippen LogP contribution >= 0.6 is 0 Å². The second-order valence-corrected chi connectivity index (χ2v) is 6.36. The summed E-state index contributed by atoms with van der Waals surface area (Å²) in [5.41, 5.74) is 0. The van der Waals surface area contributed by atoms with E-state index in [9.17, 15) is 12.8 Å². The SMILES string of the molecule is COc1ccc(S(=O)(=O)N2CCNCC2C)cc1F. The van der Waals surface area contributed by atoms with Crippen LogP contribution < -0.4 is 10.1 Å². The summed E-state index contributed by atoms with van der Waals surface area (Å²) in [4.78, 5) is -0.0421. The molecule has 0 radical (unpaired) electrons. The first-order valence-corrected chi connectivity index (χ1v) is 7.47. The fraction of sp³-hybridized carbons (Fsp3) is 0.500. The molecule has 19 heavy (non-hydrogen) atoms. The normalized spacial score (nSPS) is 21.3. The summed E-state index contributed by atoms with van der Waals surface area (Å²) in [6, 6.07) is 3.55. The van der Waals surface area contributed by atoms with Crippen LogP contribution in [-0.4, -0.2) is 45.5 Å². The van der Waals surface area contributed by atoms with Crippen molar-refractivity contribution in [2.24, 2.45) is 0 Å². The van der Waals surface area contributed by atoms with Crippen molar-refractivity contribution in [3.63, 3.8) is 0 Å². The molecular formula is C12H17FN2O3S. The van der Waals surface area contributed by atoms with E-state index in [0.717, 1.165) is 6.07 Å². The average molecular weight is 288 g/mol. The Morgan fingerprint density at radius 1 is 1.47 bits per heavy atom. The molecule has 1 aromatic carbocycles. The van der Waals surface area contributed by atoms with E-state index >= 15 is 0 Å². The zero-order valence-electron chi connectivity index (χ0n) is 10.9. The standard InChI is InChI=1S/C12H17FN2O3S/c1-9-8-14-5-6-15(9)19(16,17)10-3-4-12(18-2)11(13)7-10/h3-4,7,9,14H,5-6,8H2,1-2H3. The van der Waals surface area contributed by atoms with Crippen LogP contribution in [0.2, 0.25) is 0 Å². The van der Waals surface area contributed by atoms with Crippen LogP contribution in [0, 0.1) is 5.82 Å². The molecule has 1 heterocycles. The molecule has 0 bridgehead atoms. The summed E-state index contributed by atoms with van der Waals surface area (Å²) in [7, 11) is -2.32. The maximum Gasteiger partial charge on any atom is 0.243 e. The number of nitrogens with zero attached hydrogens (tertiary/aromatic N) is 1. The minimum absolute atomic E-state index is 0.0345. The summed E-state index contributed by atoms with van der Waals surface area (Å²) in [6.07, 6.45) is 0. The first-order chi connectivity index (χ1) is 8.96. The Balaban J connectivity index is 2.36. The van der Waals surface area contributed by atoms with E-state index in [0.29, 0.717) is 19.6 Å². The number of hydrogen-bond acceptors (Lipinski definition) is 4. The first-order valence-electron chi connectivity index (χ1n) is 6.03. The minimum Gasteiger partial charge on any atom is -0.494 e. The zero-order chi connectivity index (χ0) is 14.0. The van der Waals surface area contributed by atoms with Gasteiger partial charge in [0.15, 0.2) is 11.6 Å². The van der Waals surface area contributed by atoms with Crippen LogP contribution in [-0.2, 0) is 10.0 Å². The zero-order valence-corrected chi connectivity index (χ0v) is 11.7. The van der Waals surface area contributed by atoms with Crippen LogP contribution in [0.25, 0.3) is 0 Å². The molecule has 0 saturated carbocycles. The molecule has 5 nitrogen and oxygen atoms in total. The molecule has 106 valence electrons. The lowest BCUT2D eigenvalue weighted by Gasteiger charge is -2.32. The van der Waals surface area contributed by atoms with Crippen LogP contribution in [0.4, 0.5) is 4.39 Å². The van der Waals surface area contributed by atoms with E-state index in [1.807, 2.05) is 6.92 Å². The Hall–Kier alpha value is -1.18. The van der Waals surface area contributed by atoms with E-state index in [2.05, 4.69) is 5.32 Å². The van der Waals surface area contributed by atoms with Gasteiger partial charge in [0.2, 0.25) is 10.0 Å². The fourth-order valence-corrected chi connectivity index (χ4v) is 3.77. The molecule has 1 aliphatic heterocycles. The van der Waals surface area contributed by atoms with Crippen molar-refractivity contribution >= 4 is 10.0 Å². The van der Waals surface area contributed by atoms with Gasteiger partial charge in [0.1, 0.15) is 0 Å². The molecule has 0 aliphatic carbocycles. The molecule has 1 fully saturated rings. The van der Waals surface area contributed by atoms with Crippen molar-refractivity contribution in [2.45, 2.75) is 17.9 Å². The topological polar surface area (TPSA) is 58.6 Å². The second-order valence-electron chi connectivity index (χ2n) is 4.47. The average Bonchev–Trinajstić information content (AvgIpc) is 2.39. The van der Waals surface area contributed by atoms with E-state index < -0.39 is 15.8 Å². The summed E-state index contributed by atoms with van der Waals surface area (Å²) in [6.45, 7) is 3.40. The Morgan fingerprint density at radius 2 is 2.21 bits per heavy atom. The highest BCUT2D eigenvalue weighted by Gasteiger charge is 2.31. The number of piperazine rings is 1. The predicted molar refractivity (Wildman–Crippen MR) is 69.2 cm³/mol. The first kappa shape index (κ1) is 14.2. The van der Waals surface area contributed by atoms with Gasteiger partial charge in [-0.3, -0.25) is 0 Å². The van der Waals surface area contributed by atoms with E-state index in [1.54, 1.807) is 0 Å². The Labute approximate surface area is 112 Å². The summed E-state index contributed by atoms with van der Waals surface area (Å²) < 4.78 is 44.7. The molecular weight excluding hydrogens is 271 g/mol. The minimum atomic E-state index is -3.66. The van der Waals surface area contributed by atoms with Gasteiger partial charge in [-0.2, -0.15) is 4.31 Å². The van der Waals surface area contributed by atoms with Gasteiger partial charge in [0.05, 0.1) is 12.0 Å². The van der Waals surface area contributed by atoms with Gasteiger partial charge in [0.25, 0.3) is 0 Å². The van der Waals surface area contributed by atoms with Crippen molar-refractivity contribution in [3.8, 4) is 5.75 Å². The van der Waals surface area contributed by atoms with Gasteiger partial charge >= 0.3 is 0 Å². The molecule has 1 saturated heterocycles. The fourth-order valence-electron chi connectivity index (χ4n) is 2.12. The largest absolute Gasteiger partial charge is 0.494 e. The molecule has 1 aromatic rings. The third-order valence-corrected chi connectivity index (χ3v) is 5.18. The second kappa shape index (κ2) is 5.44. The highest BCUT2D eigenvalue weighted by molar-refractivity contribution is 7.89. The van der Waals surface area contributed by atoms with Crippen molar-refractivity contribution in [1.29, 1.82) is 0 Å². The summed E-state index contributed by atoms with van der Waals surface area (Å²) in [5, 5.41) is 3.12. The van der Waals surface area contributed by atoms with Gasteiger partial charge in [-0.1, -0.05) is 0 Å². The number of nitrogens with one attached hydrogen (secondary N) is 1. The molecule has 1 unspecified atom stereocenters. The number of ether oxygens (including phenoxy) is 1. The lowest BCUT2D eigenvalue weighted by Crippen LogP contribution is -2.52. The molecule has 1 atom stereocenters. The molecule has 0 spiro atoms. The summed E-state index contributed by atoms with van der Waals surface area (Å²) >= 11 is 0. The molecule has 7 heteroatoms. The van der Waals surface area contributed by atoms with Gasteiger partial charge in [-0.05, 0) is 25.1 Å². The molecule has 0 aromatic heterocycles. The van der Waals surface area contributed by atoms with Crippen molar-refractivity contribution in [2.75, 3.05) is 26.7 Å². The van der Waals surface area contributed by atoms with Crippen LogP contribution in [0.5, 0.6) is 5.75 Å². The number of hydrogen-bond donors (Lipinski definition) is 1. The summed E-state index contributed by atoms with van der Waals surface area (Å²) in [5.74, 6) is -0.640. The smallest absolute Gasteiger partial charge is 0.243 e. The van der Waals surface area contributed by atoms with E-state index in [4.69, 9.17) is 4.74 Å². The quantitative estimate of drug-likeness (QED) is 0.894. The van der Waals surface area contributed by atoms with E-state index in [1.165, 1.54) is 23.5 Å². The molecule has 2 rings (SSSR count). The van der Waals surface area contributed by atoms with Crippen LogP contribution in [0.15, 0.2) is 23.1 Å². The molecule has 1 aliphatic rings. The van der Waals surface area contributed by atoms with Gasteiger partial charge in [-0.15, -0.1) is 0 Å². The Bertz CT molecular complexity index is 562. The van der Waals surface area contributed by atoms with Crippen LogP contribution in [0.3, 0.4) is 0 Å². The number of benzene rings is 1. The van der Waals surface area contributed by atoms with Gasteiger partial charge in [0, 0.05) is 25.7 Å². The third kappa shape index (κ3) is 2.72.